The molecule has 150 valence electrons. The van der Waals surface area contributed by atoms with Gasteiger partial charge in [0.05, 0.1) is 0 Å². The third kappa shape index (κ3) is 4.44. The molecule has 2 N–H and O–H groups in total. The molecule has 2 heterocycles. The van der Waals surface area contributed by atoms with Crippen LogP contribution in [0.5, 0.6) is 0 Å². The molecule has 1 aromatic rings. The molecule has 0 saturated carbocycles. The Morgan fingerprint density at radius 1 is 1.26 bits per heavy atom. The molecule has 0 bridgehead atoms. The number of nitrogens with one attached hydrogen (secondary N) is 2. The zero-order chi connectivity index (χ0) is 18.8. The van der Waals surface area contributed by atoms with Crippen LogP contribution in [0.4, 0.5) is 0 Å². The predicted molar refractivity (Wildman–Crippen MR) is 105 cm³/mol. The normalized spacial score (nSPS) is 22.2. The van der Waals surface area contributed by atoms with E-state index in [1.165, 1.54) is 0 Å². The third-order valence-corrected chi connectivity index (χ3v) is 7.37. The first-order valence-electron chi connectivity index (χ1n) is 8.87. The number of likely N-dealkylation sites (tertiary alicyclic amines) is 1. The lowest BCUT2D eigenvalue weighted by Crippen LogP contribution is -2.59. The second-order valence-electron chi connectivity index (χ2n) is 7.08. The van der Waals surface area contributed by atoms with E-state index in [1.54, 1.807) is 4.90 Å². The summed E-state index contributed by atoms with van der Waals surface area (Å²) >= 11 is 0. The minimum atomic E-state index is -3.58. The Kier molecular flexibility index (Phi) is 6.88. The highest BCUT2D eigenvalue weighted by Crippen LogP contribution is 2.29. The molecule has 1 aromatic carbocycles. The molecule has 2 aliphatic rings. The van der Waals surface area contributed by atoms with E-state index in [1.807, 2.05) is 30.3 Å². The number of piperidine rings is 1. The van der Waals surface area contributed by atoms with E-state index in [9.17, 15) is 18.0 Å². The molecule has 2 saturated heterocycles. The molecule has 2 amide bonds. The van der Waals surface area contributed by atoms with Gasteiger partial charge in [-0.1, -0.05) is 30.3 Å². The van der Waals surface area contributed by atoms with Gasteiger partial charge >= 0.3 is 0 Å². The number of benzene rings is 1. The van der Waals surface area contributed by atoms with Crippen LogP contribution in [-0.4, -0.2) is 61.8 Å². The number of hydrogen-bond acceptors (Lipinski definition) is 5. The summed E-state index contributed by atoms with van der Waals surface area (Å²) in [5, 5.41) is 5.81. The third-order valence-electron chi connectivity index (χ3n) is 5.35. The highest BCUT2D eigenvalue weighted by atomic mass is 35.5. The predicted octanol–water partition coefficient (Wildman–Crippen LogP) is 0.492. The Balaban J connectivity index is 0.00000261. The molecule has 0 aliphatic carbocycles. The monoisotopic (exact) mass is 415 g/mol. The van der Waals surface area contributed by atoms with Crippen molar-refractivity contribution >= 4 is 34.1 Å². The zero-order valence-electron chi connectivity index (χ0n) is 15.3. The standard InChI is InChI=1S/C18H25N3O4S.ClH/c1-26(24,25)18(8-10-19-11-9-18)17(23)20-15-7-12-21(16(15)22)13-14-5-3-2-4-6-14;/h2-6,15,19H,7-13H2,1H3,(H,20,23);1H. The average Bonchev–Trinajstić information content (AvgIpc) is 2.95. The fourth-order valence-corrected chi connectivity index (χ4v) is 5.06. The van der Waals surface area contributed by atoms with Gasteiger partial charge in [0.2, 0.25) is 11.8 Å². The van der Waals surface area contributed by atoms with E-state index >= 15 is 0 Å². The fraction of sp³-hybridized carbons (Fsp3) is 0.556. The fourth-order valence-electron chi connectivity index (χ4n) is 3.72. The van der Waals surface area contributed by atoms with Crippen LogP contribution in [0.1, 0.15) is 24.8 Å². The number of nitrogens with zero attached hydrogens (tertiary/aromatic N) is 1. The van der Waals surface area contributed by atoms with E-state index < -0.39 is 26.5 Å². The van der Waals surface area contributed by atoms with Crippen molar-refractivity contribution in [1.29, 1.82) is 0 Å². The summed E-state index contributed by atoms with van der Waals surface area (Å²) in [5.41, 5.74) is 1.03. The van der Waals surface area contributed by atoms with Crippen LogP contribution in [0.15, 0.2) is 30.3 Å². The number of halogens is 1. The molecular formula is C18H26ClN3O4S. The summed E-state index contributed by atoms with van der Waals surface area (Å²) in [6.07, 6.45) is 2.06. The first kappa shape index (κ1) is 21.7. The SMILES string of the molecule is CS(=O)(=O)C1(C(=O)NC2CCN(Cc3ccccc3)C2=O)CCNCC1.Cl. The molecule has 0 spiro atoms. The van der Waals surface area contributed by atoms with Crippen LogP contribution in [0.3, 0.4) is 0 Å². The Bertz CT molecular complexity index is 779. The van der Waals surface area contributed by atoms with Crippen LogP contribution in [-0.2, 0) is 26.0 Å². The van der Waals surface area contributed by atoms with Gasteiger partial charge in [0.1, 0.15) is 6.04 Å². The first-order valence-corrected chi connectivity index (χ1v) is 10.8. The molecule has 1 unspecified atom stereocenters. The zero-order valence-corrected chi connectivity index (χ0v) is 16.9. The van der Waals surface area contributed by atoms with Gasteiger partial charge in [-0.2, -0.15) is 0 Å². The van der Waals surface area contributed by atoms with Crippen molar-refractivity contribution in [3.05, 3.63) is 35.9 Å². The molecular weight excluding hydrogens is 390 g/mol. The number of rotatable bonds is 5. The van der Waals surface area contributed by atoms with E-state index in [-0.39, 0.29) is 31.2 Å². The van der Waals surface area contributed by atoms with Crippen molar-refractivity contribution in [1.82, 2.24) is 15.5 Å². The van der Waals surface area contributed by atoms with Gasteiger partial charge < -0.3 is 15.5 Å². The molecule has 2 fully saturated rings. The smallest absolute Gasteiger partial charge is 0.245 e. The number of carbonyl (C=O) groups is 2. The van der Waals surface area contributed by atoms with E-state index in [4.69, 9.17) is 0 Å². The lowest BCUT2D eigenvalue weighted by molar-refractivity contribution is -0.134. The van der Waals surface area contributed by atoms with E-state index in [0.717, 1.165) is 11.8 Å². The lowest BCUT2D eigenvalue weighted by Gasteiger charge is -2.35. The Morgan fingerprint density at radius 2 is 1.89 bits per heavy atom. The maximum Gasteiger partial charge on any atom is 0.245 e. The Hall–Kier alpha value is -1.64. The van der Waals surface area contributed by atoms with Gasteiger partial charge in [-0.25, -0.2) is 8.42 Å². The minimum absolute atomic E-state index is 0. The molecule has 3 rings (SSSR count). The van der Waals surface area contributed by atoms with E-state index in [0.29, 0.717) is 32.6 Å². The highest BCUT2D eigenvalue weighted by Gasteiger charge is 2.50. The second kappa shape index (κ2) is 8.58. The van der Waals surface area contributed by atoms with Gasteiger partial charge in [-0.05, 0) is 37.9 Å². The van der Waals surface area contributed by atoms with Crippen LogP contribution >= 0.6 is 12.4 Å². The second-order valence-corrected chi connectivity index (χ2v) is 9.40. The van der Waals surface area contributed by atoms with Crippen molar-refractivity contribution in [3.8, 4) is 0 Å². The van der Waals surface area contributed by atoms with Crippen molar-refractivity contribution in [2.75, 3.05) is 25.9 Å². The van der Waals surface area contributed by atoms with E-state index in [2.05, 4.69) is 10.6 Å². The largest absolute Gasteiger partial charge is 0.343 e. The summed E-state index contributed by atoms with van der Waals surface area (Å²) in [7, 11) is -3.58. The van der Waals surface area contributed by atoms with Crippen LogP contribution in [0.25, 0.3) is 0 Å². The molecule has 0 radical (unpaired) electrons. The van der Waals surface area contributed by atoms with Crippen molar-refractivity contribution < 1.29 is 18.0 Å². The highest BCUT2D eigenvalue weighted by molar-refractivity contribution is 7.92. The molecule has 1 atom stereocenters. The molecule has 27 heavy (non-hydrogen) atoms. The molecule has 7 nitrogen and oxygen atoms in total. The van der Waals surface area contributed by atoms with Gasteiger partial charge in [-0.15, -0.1) is 12.4 Å². The summed E-state index contributed by atoms with van der Waals surface area (Å²) < 4.78 is 23.2. The van der Waals surface area contributed by atoms with Crippen LogP contribution < -0.4 is 10.6 Å². The van der Waals surface area contributed by atoms with Gasteiger partial charge in [0.25, 0.3) is 0 Å². The number of hydrogen-bond donors (Lipinski definition) is 2. The average molecular weight is 416 g/mol. The van der Waals surface area contributed by atoms with Crippen molar-refractivity contribution in [3.63, 3.8) is 0 Å². The van der Waals surface area contributed by atoms with Gasteiger partial charge in [0.15, 0.2) is 14.6 Å². The summed E-state index contributed by atoms with van der Waals surface area (Å²) in [4.78, 5) is 27.2. The quantitative estimate of drug-likeness (QED) is 0.729. The maximum atomic E-state index is 12.8. The molecule has 2 aliphatic heterocycles. The van der Waals surface area contributed by atoms with Gasteiger partial charge in [-0.3, -0.25) is 9.59 Å². The Morgan fingerprint density at radius 3 is 2.48 bits per heavy atom. The van der Waals surface area contributed by atoms with Crippen molar-refractivity contribution in [2.45, 2.75) is 36.6 Å². The minimum Gasteiger partial charge on any atom is -0.343 e. The van der Waals surface area contributed by atoms with Gasteiger partial charge in [0, 0.05) is 19.3 Å². The summed E-state index contributed by atoms with van der Waals surface area (Å²) in [6.45, 7) is 1.98. The van der Waals surface area contributed by atoms with Crippen LogP contribution in [0, 0.1) is 0 Å². The summed E-state index contributed by atoms with van der Waals surface area (Å²) in [5.74, 6) is -0.693. The molecule has 9 heteroatoms. The number of amides is 2. The topological polar surface area (TPSA) is 95.6 Å². The van der Waals surface area contributed by atoms with Crippen molar-refractivity contribution in [2.24, 2.45) is 0 Å². The number of carbonyl (C=O) groups excluding carboxylic acids is 2. The maximum absolute atomic E-state index is 12.8. The van der Waals surface area contributed by atoms with Crippen LogP contribution in [0.2, 0.25) is 0 Å². The molecule has 0 aromatic heterocycles. The number of sulfone groups is 1. The summed E-state index contributed by atoms with van der Waals surface area (Å²) in [6, 6.07) is 9.01. The Labute approximate surface area is 166 Å². The lowest BCUT2D eigenvalue weighted by atomic mass is 9.95. The first-order chi connectivity index (χ1) is 12.3.